The number of nitroso groups, excluding NO2 is 1. The fourth-order valence-electron chi connectivity index (χ4n) is 1.98. The first kappa shape index (κ1) is 14.6. The molecule has 0 unspecified atom stereocenters. The van der Waals surface area contributed by atoms with Gasteiger partial charge in [0.15, 0.2) is 0 Å². The fourth-order valence-corrected chi connectivity index (χ4v) is 1.98. The maximum absolute atomic E-state index is 11.8. The van der Waals surface area contributed by atoms with Crippen LogP contribution in [0.5, 0.6) is 0 Å². The first-order valence-corrected chi connectivity index (χ1v) is 6.43. The highest BCUT2D eigenvalue weighted by atomic mass is 16.5. The smallest absolute Gasteiger partial charge is 0.376 e. The van der Waals surface area contributed by atoms with Gasteiger partial charge in [-0.1, -0.05) is 24.3 Å². The molecule has 0 N–H and O–H groups in total. The summed E-state index contributed by atoms with van der Waals surface area (Å²) in [6.45, 7) is 1.57. The van der Waals surface area contributed by atoms with Crippen LogP contribution in [0.1, 0.15) is 6.92 Å². The standard InChI is InChI=1S/C15H14N2O4/c1-2-21-15(19)14(18)10-17-9-12-6-4-3-5-11(12)7-13(17)8-16-20/h3-9H,2,10H2,1H3. The van der Waals surface area contributed by atoms with Gasteiger partial charge in [-0.3, -0.25) is 4.79 Å². The Bertz CT molecular complexity index is 721. The van der Waals surface area contributed by atoms with Crippen molar-refractivity contribution in [1.82, 2.24) is 4.90 Å². The lowest BCUT2D eigenvalue weighted by molar-refractivity contribution is -0.153. The normalized spacial score (nSPS) is 14.7. The van der Waals surface area contributed by atoms with Gasteiger partial charge in [-0.05, 0) is 28.6 Å². The number of ether oxygens (including phenoxy) is 1. The van der Waals surface area contributed by atoms with Crippen molar-refractivity contribution in [2.24, 2.45) is 5.18 Å². The molecule has 108 valence electrons. The number of hydrogen-bond donors (Lipinski definition) is 0. The molecule has 0 fully saturated rings. The monoisotopic (exact) mass is 286 g/mol. The Balaban J connectivity index is 2.32. The van der Waals surface area contributed by atoms with E-state index in [9.17, 15) is 14.5 Å². The minimum absolute atomic E-state index is 0.141. The van der Waals surface area contributed by atoms with Crippen molar-refractivity contribution >= 4 is 24.0 Å². The van der Waals surface area contributed by atoms with Crippen LogP contribution in [0.15, 0.2) is 41.3 Å². The number of rotatable bonds is 5. The molecular formula is C15H14N2O4. The van der Waals surface area contributed by atoms with E-state index in [4.69, 9.17) is 0 Å². The molecule has 0 bridgehead atoms. The summed E-state index contributed by atoms with van der Waals surface area (Å²) < 4.78 is 4.67. The van der Waals surface area contributed by atoms with Crippen molar-refractivity contribution in [2.45, 2.75) is 6.92 Å². The number of benzene rings is 1. The van der Waals surface area contributed by atoms with Crippen LogP contribution in [0.3, 0.4) is 0 Å². The molecule has 6 heteroatoms. The summed E-state index contributed by atoms with van der Waals surface area (Å²) in [6.07, 6.45) is 4.53. The van der Waals surface area contributed by atoms with E-state index in [0.717, 1.165) is 16.6 Å². The van der Waals surface area contributed by atoms with Crippen molar-refractivity contribution in [3.63, 3.8) is 0 Å². The molecule has 6 nitrogen and oxygen atoms in total. The molecule has 1 aliphatic heterocycles. The molecule has 1 aliphatic rings. The van der Waals surface area contributed by atoms with Gasteiger partial charge in [0.25, 0.3) is 5.78 Å². The van der Waals surface area contributed by atoms with E-state index >= 15 is 0 Å². The van der Waals surface area contributed by atoms with Gasteiger partial charge in [-0.2, -0.15) is 0 Å². The third-order valence-electron chi connectivity index (χ3n) is 2.93. The van der Waals surface area contributed by atoms with Gasteiger partial charge in [0, 0.05) is 6.20 Å². The second-order valence-electron chi connectivity index (χ2n) is 4.33. The van der Waals surface area contributed by atoms with E-state index in [1.807, 2.05) is 24.3 Å². The maximum Gasteiger partial charge on any atom is 0.376 e. The van der Waals surface area contributed by atoms with Gasteiger partial charge in [-0.25, -0.2) is 4.79 Å². The molecule has 0 saturated carbocycles. The van der Waals surface area contributed by atoms with Gasteiger partial charge >= 0.3 is 5.97 Å². The second kappa shape index (κ2) is 6.60. The van der Waals surface area contributed by atoms with E-state index in [-0.39, 0.29) is 13.2 Å². The Morgan fingerprint density at radius 1 is 1.29 bits per heavy atom. The summed E-state index contributed by atoms with van der Waals surface area (Å²) in [5, 5.41) is 4.53. The molecule has 0 radical (unpaired) electrons. The largest absolute Gasteiger partial charge is 0.460 e. The van der Waals surface area contributed by atoms with Gasteiger partial charge in [0.05, 0.1) is 25.0 Å². The lowest BCUT2D eigenvalue weighted by Gasteiger charge is -2.22. The Morgan fingerprint density at radius 3 is 2.67 bits per heavy atom. The van der Waals surface area contributed by atoms with Crippen molar-refractivity contribution in [2.75, 3.05) is 13.2 Å². The predicted molar refractivity (Wildman–Crippen MR) is 76.8 cm³/mol. The van der Waals surface area contributed by atoms with Gasteiger partial charge < -0.3 is 9.64 Å². The zero-order valence-corrected chi connectivity index (χ0v) is 11.5. The predicted octanol–water partition coefficient (Wildman–Crippen LogP) is 0.261. The molecule has 1 heterocycles. The zero-order chi connectivity index (χ0) is 15.2. The van der Waals surface area contributed by atoms with E-state index in [1.54, 1.807) is 19.2 Å². The van der Waals surface area contributed by atoms with Crippen LogP contribution in [-0.2, 0) is 14.3 Å². The molecule has 0 amide bonds. The quantitative estimate of drug-likeness (QED) is 0.441. The highest BCUT2D eigenvalue weighted by Crippen LogP contribution is 2.10. The van der Waals surface area contributed by atoms with E-state index in [2.05, 4.69) is 9.91 Å². The molecule has 2 rings (SSSR count). The molecule has 0 spiro atoms. The molecule has 1 aromatic carbocycles. The third-order valence-corrected chi connectivity index (χ3v) is 2.93. The average molecular weight is 286 g/mol. The topological polar surface area (TPSA) is 76.0 Å². The Labute approximate surface area is 121 Å². The van der Waals surface area contributed by atoms with Crippen LogP contribution in [0.4, 0.5) is 0 Å². The molecule has 0 aromatic heterocycles. The summed E-state index contributed by atoms with van der Waals surface area (Å²) in [5.74, 6) is -1.57. The van der Waals surface area contributed by atoms with Crippen molar-refractivity contribution in [3.8, 4) is 0 Å². The summed E-state index contributed by atoms with van der Waals surface area (Å²) in [7, 11) is 0. The average Bonchev–Trinajstić information content (AvgIpc) is 2.48. The van der Waals surface area contributed by atoms with Crippen molar-refractivity contribution in [1.29, 1.82) is 0 Å². The Kier molecular flexibility index (Phi) is 4.61. The van der Waals surface area contributed by atoms with Gasteiger partial charge in [0.1, 0.15) is 0 Å². The number of esters is 1. The number of hydrogen-bond acceptors (Lipinski definition) is 6. The van der Waals surface area contributed by atoms with E-state index < -0.39 is 11.8 Å². The Hall–Kier alpha value is -2.76. The summed E-state index contributed by atoms with van der Waals surface area (Å²) in [5.41, 5.74) is 0.446. The first-order chi connectivity index (χ1) is 10.2. The van der Waals surface area contributed by atoms with Crippen LogP contribution in [0, 0.1) is 4.91 Å². The lowest BCUT2D eigenvalue weighted by Crippen LogP contribution is -2.38. The summed E-state index contributed by atoms with van der Waals surface area (Å²) >= 11 is 0. The number of fused-ring (bicyclic) bond motifs is 1. The van der Waals surface area contributed by atoms with Crippen molar-refractivity contribution < 1.29 is 14.3 Å². The lowest BCUT2D eigenvalue weighted by atomic mass is 10.1. The molecule has 0 aliphatic carbocycles. The van der Waals surface area contributed by atoms with Gasteiger partial charge in [0.2, 0.25) is 0 Å². The minimum Gasteiger partial charge on any atom is -0.460 e. The zero-order valence-electron chi connectivity index (χ0n) is 11.5. The van der Waals surface area contributed by atoms with Crippen LogP contribution in [-0.4, -0.2) is 29.8 Å². The highest BCUT2D eigenvalue weighted by Gasteiger charge is 2.20. The number of Topliss-reactive ketones (excluding diaryl/α,β-unsaturated/α-hetero) is 1. The second-order valence-corrected chi connectivity index (χ2v) is 4.33. The summed E-state index contributed by atoms with van der Waals surface area (Å²) in [6, 6.07) is 7.49. The van der Waals surface area contributed by atoms with Crippen LogP contribution < -0.4 is 10.4 Å². The third kappa shape index (κ3) is 3.42. The van der Waals surface area contributed by atoms with Crippen LogP contribution in [0.2, 0.25) is 0 Å². The first-order valence-electron chi connectivity index (χ1n) is 6.43. The number of nitrogens with zero attached hydrogens (tertiary/aromatic N) is 2. The number of carbonyl (C=O) groups is 2. The SMILES string of the molecule is CCOC(=O)C(=O)CN1C=c2ccccc2=CC1=CN=O. The van der Waals surface area contributed by atoms with E-state index in [0.29, 0.717) is 5.70 Å². The number of carbonyl (C=O) groups excluding carboxylic acids is 2. The number of ketones is 1. The van der Waals surface area contributed by atoms with Crippen LogP contribution >= 0.6 is 0 Å². The Morgan fingerprint density at radius 2 is 2.00 bits per heavy atom. The molecular weight excluding hydrogens is 272 g/mol. The van der Waals surface area contributed by atoms with Crippen LogP contribution in [0.25, 0.3) is 12.3 Å². The molecule has 21 heavy (non-hydrogen) atoms. The maximum atomic E-state index is 11.8. The minimum atomic E-state index is -0.886. The molecule has 0 saturated heterocycles. The van der Waals surface area contributed by atoms with Gasteiger partial charge in [-0.15, -0.1) is 4.91 Å². The highest BCUT2D eigenvalue weighted by molar-refractivity contribution is 6.34. The molecule has 0 atom stereocenters. The molecule has 1 aromatic rings. The van der Waals surface area contributed by atoms with E-state index in [1.165, 1.54) is 4.90 Å². The van der Waals surface area contributed by atoms with Crippen molar-refractivity contribution in [3.05, 3.63) is 51.5 Å². The summed E-state index contributed by atoms with van der Waals surface area (Å²) in [4.78, 5) is 35.2. The fraction of sp³-hybridized carbons (Fsp3) is 0.200. The number of allylic oxidation sites excluding steroid dienone is 1.